The molecule has 2 heterocycles. The molecule has 1 aromatic carbocycles. The number of rotatable bonds is 6. The predicted octanol–water partition coefficient (Wildman–Crippen LogP) is 1.79. The van der Waals surface area contributed by atoms with Crippen LogP contribution in [0.4, 0.5) is 11.5 Å². The van der Waals surface area contributed by atoms with E-state index in [4.69, 9.17) is 4.74 Å². The topological polar surface area (TPSA) is 91.8 Å². The van der Waals surface area contributed by atoms with Crippen LogP contribution in [0.1, 0.15) is 11.1 Å². The second kappa shape index (κ2) is 8.89. The number of sulfonamides is 1. The summed E-state index contributed by atoms with van der Waals surface area (Å²) in [5.41, 5.74) is 2.91. The Kier molecular flexibility index (Phi) is 6.51. The minimum atomic E-state index is -3.58. The molecule has 1 saturated heterocycles. The lowest BCUT2D eigenvalue weighted by Gasteiger charge is -2.26. The standard InChI is InChI=1S/C20H26N4O4S/c1-15-5-4-6-18(16(15)2)22-20(25)14-23(3)19-8-7-17(13-21-19)29(26,27)24-9-11-28-12-10-24/h4-8,13H,9-12,14H2,1-3H3,(H,22,25). The highest BCUT2D eigenvalue weighted by Gasteiger charge is 2.26. The lowest BCUT2D eigenvalue weighted by Crippen LogP contribution is -2.40. The molecule has 8 nitrogen and oxygen atoms in total. The van der Waals surface area contributed by atoms with Crippen molar-refractivity contribution in [3.05, 3.63) is 47.7 Å². The van der Waals surface area contributed by atoms with Gasteiger partial charge in [0.2, 0.25) is 15.9 Å². The number of anilines is 2. The number of nitrogens with one attached hydrogen (secondary N) is 1. The predicted molar refractivity (Wildman–Crippen MR) is 112 cm³/mol. The third-order valence-electron chi connectivity index (χ3n) is 4.98. The number of hydrogen-bond donors (Lipinski definition) is 1. The third-order valence-corrected chi connectivity index (χ3v) is 6.86. The number of hydrogen-bond acceptors (Lipinski definition) is 6. The Hall–Kier alpha value is -2.49. The van der Waals surface area contributed by atoms with Crippen molar-refractivity contribution < 1.29 is 17.9 Å². The zero-order chi connectivity index (χ0) is 21.0. The quantitative estimate of drug-likeness (QED) is 0.769. The van der Waals surface area contributed by atoms with Gasteiger partial charge in [0.05, 0.1) is 19.8 Å². The zero-order valence-corrected chi connectivity index (χ0v) is 17.7. The van der Waals surface area contributed by atoms with Gasteiger partial charge < -0.3 is 15.0 Å². The molecule has 0 bridgehead atoms. The summed E-state index contributed by atoms with van der Waals surface area (Å²) in [6.07, 6.45) is 1.33. The van der Waals surface area contributed by atoms with Crippen molar-refractivity contribution in [2.45, 2.75) is 18.7 Å². The van der Waals surface area contributed by atoms with Crippen molar-refractivity contribution in [1.29, 1.82) is 0 Å². The molecule has 0 atom stereocenters. The molecular formula is C20H26N4O4S. The van der Waals surface area contributed by atoms with E-state index in [9.17, 15) is 13.2 Å². The van der Waals surface area contributed by atoms with E-state index in [0.29, 0.717) is 32.1 Å². The molecule has 156 valence electrons. The summed E-state index contributed by atoms with van der Waals surface area (Å²) in [6.45, 7) is 5.50. The highest BCUT2D eigenvalue weighted by molar-refractivity contribution is 7.89. The SMILES string of the molecule is Cc1cccc(NC(=O)CN(C)c2ccc(S(=O)(=O)N3CCOCC3)cn2)c1C. The van der Waals surface area contributed by atoms with Gasteiger partial charge >= 0.3 is 0 Å². The van der Waals surface area contributed by atoms with Crippen LogP contribution in [0.5, 0.6) is 0 Å². The van der Waals surface area contributed by atoms with Crippen molar-refractivity contribution in [1.82, 2.24) is 9.29 Å². The molecule has 0 unspecified atom stereocenters. The maximum absolute atomic E-state index is 12.7. The van der Waals surface area contributed by atoms with Gasteiger partial charge in [-0.2, -0.15) is 4.31 Å². The average Bonchev–Trinajstić information content (AvgIpc) is 2.72. The van der Waals surface area contributed by atoms with E-state index >= 15 is 0 Å². The Morgan fingerprint density at radius 3 is 2.59 bits per heavy atom. The van der Waals surface area contributed by atoms with E-state index in [1.54, 1.807) is 18.0 Å². The van der Waals surface area contributed by atoms with Crippen LogP contribution in [-0.4, -0.2) is 63.5 Å². The number of ether oxygens (including phenoxy) is 1. The van der Waals surface area contributed by atoms with Gasteiger partial charge in [0.25, 0.3) is 0 Å². The number of nitrogens with zero attached hydrogens (tertiary/aromatic N) is 3. The Bertz CT molecular complexity index is 970. The Balaban J connectivity index is 1.64. The monoisotopic (exact) mass is 418 g/mol. The first-order valence-corrected chi connectivity index (χ1v) is 10.8. The van der Waals surface area contributed by atoms with Crippen molar-refractivity contribution in [3.8, 4) is 0 Å². The number of carbonyl (C=O) groups is 1. The van der Waals surface area contributed by atoms with Gasteiger partial charge in [-0.15, -0.1) is 0 Å². The molecule has 3 rings (SSSR count). The van der Waals surface area contributed by atoms with Crippen molar-refractivity contribution in [2.24, 2.45) is 0 Å². The van der Waals surface area contributed by atoms with Crippen molar-refractivity contribution >= 4 is 27.4 Å². The number of aryl methyl sites for hydroxylation is 1. The van der Waals surface area contributed by atoms with E-state index in [0.717, 1.165) is 16.8 Å². The van der Waals surface area contributed by atoms with E-state index in [-0.39, 0.29) is 17.3 Å². The number of carbonyl (C=O) groups excluding carboxylic acids is 1. The lowest BCUT2D eigenvalue weighted by atomic mass is 10.1. The van der Waals surface area contributed by atoms with E-state index < -0.39 is 10.0 Å². The molecule has 1 amide bonds. The smallest absolute Gasteiger partial charge is 0.244 e. The molecule has 0 radical (unpaired) electrons. The molecule has 0 saturated carbocycles. The van der Waals surface area contributed by atoms with Crippen LogP contribution in [0.15, 0.2) is 41.4 Å². The highest BCUT2D eigenvalue weighted by Crippen LogP contribution is 2.20. The van der Waals surface area contributed by atoms with Crippen LogP contribution < -0.4 is 10.2 Å². The Labute approximate surface area is 171 Å². The maximum atomic E-state index is 12.7. The third kappa shape index (κ3) is 4.92. The van der Waals surface area contributed by atoms with Gasteiger partial charge in [-0.1, -0.05) is 12.1 Å². The number of amides is 1. The molecule has 1 aliphatic rings. The van der Waals surface area contributed by atoms with Gasteiger partial charge in [-0.25, -0.2) is 13.4 Å². The molecule has 2 aromatic rings. The fraction of sp³-hybridized carbons (Fsp3) is 0.400. The van der Waals surface area contributed by atoms with Crippen LogP contribution in [-0.2, 0) is 19.6 Å². The minimum absolute atomic E-state index is 0.0932. The van der Waals surface area contributed by atoms with Gasteiger partial charge in [-0.05, 0) is 43.2 Å². The second-order valence-corrected chi connectivity index (χ2v) is 8.96. The van der Waals surface area contributed by atoms with Crippen LogP contribution in [0.2, 0.25) is 0 Å². The van der Waals surface area contributed by atoms with Gasteiger partial charge in [-0.3, -0.25) is 4.79 Å². The molecule has 1 aliphatic heterocycles. The summed E-state index contributed by atoms with van der Waals surface area (Å²) in [4.78, 5) is 18.4. The van der Waals surface area contributed by atoms with Crippen LogP contribution in [0.3, 0.4) is 0 Å². The summed E-state index contributed by atoms with van der Waals surface area (Å²) in [7, 11) is -1.85. The molecule has 9 heteroatoms. The fourth-order valence-electron chi connectivity index (χ4n) is 3.06. The van der Waals surface area contributed by atoms with Crippen LogP contribution in [0, 0.1) is 13.8 Å². The molecule has 0 spiro atoms. The molecule has 0 aliphatic carbocycles. The largest absolute Gasteiger partial charge is 0.379 e. The van der Waals surface area contributed by atoms with Crippen molar-refractivity contribution in [3.63, 3.8) is 0 Å². The molecule has 1 N–H and O–H groups in total. The van der Waals surface area contributed by atoms with Crippen molar-refractivity contribution in [2.75, 3.05) is 50.1 Å². The van der Waals surface area contributed by atoms with Crippen LogP contribution in [0.25, 0.3) is 0 Å². The molecule has 1 aromatic heterocycles. The first-order chi connectivity index (χ1) is 13.8. The van der Waals surface area contributed by atoms with Gasteiger partial charge in [0, 0.05) is 32.0 Å². The number of morpholine rings is 1. The summed E-state index contributed by atoms with van der Waals surface area (Å²) < 4.78 is 31.9. The number of pyridine rings is 1. The van der Waals surface area contributed by atoms with Gasteiger partial charge in [0.1, 0.15) is 10.7 Å². The normalized spacial score (nSPS) is 15.1. The summed E-state index contributed by atoms with van der Waals surface area (Å²) in [5, 5.41) is 2.91. The maximum Gasteiger partial charge on any atom is 0.244 e. The molecule has 29 heavy (non-hydrogen) atoms. The van der Waals surface area contributed by atoms with E-state index in [1.165, 1.54) is 16.6 Å². The fourth-order valence-corrected chi connectivity index (χ4v) is 4.41. The van der Waals surface area contributed by atoms with E-state index in [1.807, 2.05) is 32.0 Å². The van der Waals surface area contributed by atoms with Crippen LogP contribution >= 0.6 is 0 Å². The number of benzene rings is 1. The van der Waals surface area contributed by atoms with E-state index in [2.05, 4.69) is 10.3 Å². The lowest BCUT2D eigenvalue weighted by molar-refractivity contribution is -0.114. The Morgan fingerprint density at radius 2 is 1.93 bits per heavy atom. The second-order valence-electron chi connectivity index (χ2n) is 7.02. The number of aromatic nitrogens is 1. The summed E-state index contributed by atoms with van der Waals surface area (Å²) in [6, 6.07) is 8.89. The minimum Gasteiger partial charge on any atom is -0.379 e. The zero-order valence-electron chi connectivity index (χ0n) is 16.9. The molecule has 1 fully saturated rings. The number of likely N-dealkylation sites (N-methyl/N-ethyl adjacent to an activating group) is 1. The summed E-state index contributed by atoms with van der Waals surface area (Å²) >= 11 is 0. The highest BCUT2D eigenvalue weighted by atomic mass is 32.2. The summed E-state index contributed by atoms with van der Waals surface area (Å²) in [5.74, 6) is 0.343. The first-order valence-electron chi connectivity index (χ1n) is 9.40. The molecular weight excluding hydrogens is 392 g/mol. The first kappa shape index (κ1) is 21.2. The van der Waals surface area contributed by atoms with Gasteiger partial charge in [0.15, 0.2) is 0 Å². The average molecular weight is 419 g/mol. The Morgan fingerprint density at radius 1 is 1.21 bits per heavy atom.